The molecule has 0 aliphatic heterocycles. The highest BCUT2D eigenvalue weighted by molar-refractivity contribution is 7.81. The Morgan fingerprint density at radius 2 is 1.86 bits per heavy atom. The fourth-order valence-electron chi connectivity index (χ4n) is 1.75. The molecule has 0 spiro atoms. The molecule has 0 saturated heterocycles. The van der Waals surface area contributed by atoms with Gasteiger partial charge in [-0.3, -0.25) is 4.79 Å². The number of nitrogens with one attached hydrogen (secondary N) is 1. The van der Waals surface area contributed by atoms with E-state index in [0.29, 0.717) is 0 Å². The Kier molecular flexibility index (Phi) is 6.22. The molecular formula is C15H20FNO4S. The lowest BCUT2D eigenvalue weighted by molar-refractivity contribution is -0.140. The minimum Gasteiger partial charge on any atom is -0.468 e. The Balaban J connectivity index is 3.05. The number of hydrogen-bond acceptors (Lipinski definition) is 5. The predicted molar refractivity (Wildman–Crippen MR) is 83.3 cm³/mol. The first-order chi connectivity index (χ1) is 10.2. The molecule has 0 heterocycles. The molecule has 2 atom stereocenters. The Bertz CT molecular complexity index is 545. The average Bonchev–Trinajstić information content (AvgIpc) is 2.42. The van der Waals surface area contributed by atoms with Gasteiger partial charge in [-0.05, 0) is 26.8 Å². The Labute approximate surface area is 134 Å². The highest BCUT2D eigenvalue weighted by atomic mass is 32.1. The monoisotopic (exact) mass is 329 g/mol. The standard InChI is InChI=1S/C15H20FNO4S/c1-15(2,3)21-14(19)17-11(12(22)13(18)20-4)9-7-5-6-8-10(9)16/h5-8,11-12,22H,1-4H3,(H,17,19)/t11-,12?/m0/s1. The van der Waals surface area contributed by atoms with Crippen LogP contribution in [-0.2, 0) is 14.3 Å². The first kappa shape index (κ1) is 18.3. The van der Waals surface area contributed by atoms with Gasteiger partial charge in [0.1, 0.15) is 16.7 Å². The molecule has 0 aliphatic rings. The third-order valence-corrected chi connectivity index (χ3v) is 3.18. The molecule has 22 heavy (non-hydrogen) atoms. The summed E-state index contributed by atoms with van der Waals surface area (Å²) in [4.78, 5) is 23.6. The maximum atomic E-state index is 14.0. The second-order valence-corrected chi connectivity index (χ2v) is 6.17. The summed E-state index contributed by atoms with van der Waals surface area (Å²) in [5.41, 5.74) is -0.597. The third-order valence-electron chi connectivity index (χ3n) is 2.67. The Hall–Kier alpha value is -1.76. The summed E-state index contributed by atoms with van der Waals surface area (Å²) >= 11 is 4.13. The number of carbonyl (C=O) groups is 2. The van der Waals surface area contributed by atoms with E-state index in [-0.39, 0.29) is 5.56 Å². The molecule has 1 aromatic rings. The SMILES string of the molecule is COC(=O)C(S)[C@@H](NC(=O)OC(C)(C)C)c1ccccc1F. The lowest BCUT2D eigenvalue weighted by Gasteiger charge is -2.26. The minimum atomic E-state index is -1.07. The first-order valence-electron chi connectivity index (χ1n) is 6.65. The molecule has 0 saturated carbocycles. The van der Waals surface area contributed by atoms with Gasteiger partial charge in [-0.1, -0.05) is 18.2 Å². The lowest BCUT2D eigenvalue weighted by atomic mass is 10.0. The maximum Gasteiger partial charge on any atom is 0.408 e. The van der Waals surface area contributed by atoms with Crippen LogP contribution in [0.4, 0.5) is 9.18 Å². The summed E-state index contributed by atoms with van der Waals surface area (Å²) in [6.07, 6.45) is -0.774. The van der Waals surface area contributed by atoms with Gasteiger partial charge in [0.15, 0.2) is 0 Å². The fraction of sp³-hybridized carbons (Fsp3) is 0.467. The van der Waals surface area contributed by atoms with E-state index in [4.69, 9.17) is 4.74 Å². The van der Waals surface area contributed by atoms with Gasteiger partial charge in [0.2, 0.25) is 0 Å². The summed E-state index contributed by atoms with van der Waals surface area (Å²) in [6, 6.07) is 4.78. The molecular weight excluding hydrogens is 309 g/mol. The zero-order valence-electron chi connectivity index (χ0n) is 12.9. The van der Waals surface area contributed by atoms with Gasteiger partial charge in [0.05, 0.1) is 13.2 Å². The van der Waals surface area contributed by atoms with Gasteiger partial charge in [0.25, 0.3) is 0 Å². The second-order valence-electron chi connectivity index (χ2n) is 5.61. The molecule has 0 aromatic heterocycles. The molecule has 1 aromatic carbocycles. The van der Waals surface area contributed by atoms with Crippen molar-refractivity contribution >= 4 is 24.7 Å². The average molecular weight is 329 g/mol. The van der Waals surface area contributed by atoms with Gasteiger partial charge in [-0.15, -0.1) is 0 Å². The molecule has 1 rings (SSSR count). The number of carbonyl (C=O) groups excluding carboxylic acids is 2. The van der Waals surface area contributed by atoms with Crippen LogP contribution in [0.5, 0.6) is 0 Å². The van der Waals surface area contributed by atoms with Gasteiger partial charge in [-0.2, -0.15) is 12.6 Å². The van der Waals surface area contributed by atoms with Crippen LogP contribution >= 0.6 is 12.6 Å². The van der Waals surface area contributed by atoms with Crippen molar-refractivity contribution in [3.8, 4) is 0 Å². The van der Waals surface area contributed by atoms with Crippen molar-refractivity contribution in [1.82, 2.24) is 5.32 Å². The third kappa shape index (κ3) is 5.22. The first-order valence-corrected chi connectivity index (χ1v) is 7.17. The number of benzene rings is 1. The van der Waals surface area contributed by atoms with Crippen molar-refractivity contribution in [1.29, 1.82) is 0 Å². The Morgan fingerprint density at radius 1 is 1.27 bits per heavy atom. The van der Waals surface area contributed by atoms with E-state index in [1.807, 2.05) is 0 Å². The van der Waals surface area contributed by atoms with E-state index in [9.17, 15) is 14.0 Å². The van der Waals surface area contributed by atoms with Crippen molar-refractivity contribution in [2.45, 2.75) is 37.7 Å². The number of thiol groups is 1. The fourth-order valence-corrected chi connectivity index (χ4v) is 2.09. The van der Waals surface area contributed by atoms with Crippen LogP contribution in [0.1, 0.15) is 32.4 Å². The molecule has 5 nitrogen and oxygen atoms in total. The van der Waals surface area contributed by atoms with Crippen LogP contribution in [0, 0.1) is 5.82 Å². The van der Waals surface area contributed by atoms with Crippen molar-refractivity contribution in [3.05, 3.63) is 35.6 Å². The summed E-state index contributed by atoms with van der Waals surface area (Å²) in [6.45, 7) is 5.09. The molecule has 1 N–H and O–H groups in total. The predicted octanol–water partition coefficient (Wildman–Crippen LogP) is 2.86. The van der Waals surface area contributed by atoms with E-state index in [1.54, 1.807) is 26.8 Å². The van der Waals surface area contributed by atoms with Crippen LogP contribution < -0.4 is 5.32 Å². The maximum absolute atomic E-state index is 14.0. The van der Waals surface area contributed by atoms with Gasteiger partial charge in [-0.25, -0.2) is 9.18 Å². The normalized spacial score (nSPS) is 13.9. The molecule has 7 heteroatoms. The smallest absolute Gasteiger partial charge is 0.408 e. The van der Waals surface area contributed by atoms with Gasteiger partial charge >= 0.3 is 12.1 Å². The summed E-state index contributed by atoms with van der Waals surface area (Å²) in [7, 11) is 1.19. The molecule has 122 valence electrons. The topological polar surface area (TPSA) is 64.6 Å². The molecule has 0 fully saturated rings. The molecule has 1 amide bonds. The number of alkyl carbamates (subject to hydrolysis) is 1. The van der Waals surface area contributed by atoms with Crippen LogP contribution in [0.3, 0.4) is 0 Å². The van der Waals surface area contributed by atoms with E-state index < -0.39 is 34.8 Å². The molecule has 0 radical (unpaired) electrons. The number of halogens is 1. The zero-order valence-corrected chi connectivity index (χ0v) is 13.8. The van der Waals surface area contributed by atoms with Crippen molar-refractivity contribution in [2.24, 2.45) is 0 Å². The highest BCUT2D eigenvalue weighted by Crippen LogP contribution is 2.25. The van der Waals surface area contributed by atoms with E-state index >= 15 is 0 Å². The summed E-state index contributed by atoms with van der Waals surface area (Å²) in [5.74, 6) is -1.25. The molecule has 0 aliphatic carbocycles. The van der Waals surface area contributed by atoms with Crippen LogP contribution in [0.25, 0.3) is 0 Å². The number of ether oxygens (including phenoxy) is 2. The van der Waals surface area contributed by atoms with Gasteiger partial charge < -0.3 is 14.8 Å². The molecule has 0 bridgehead atoms. The van der Waals surface area contributed by atoms with E-state index in [1.165, 1.54) is 25.3 Å². The van der Waals surface area contributed by atoms with Crippen LogP contribution in [-0.4, -0.2) is 30.0 Å². The zero-order chi connectivity index (χ0) is 16.9. The highest BCUT2D eigenvalue weighted by Gasteiger charge is 2.32. The Morgan fingerprint density at radius 3 is 2.36 bits per heavy atom. The number of amides is 1. The van der Waals surface area contributed by atoms with Crippen molar-refractivity contribution in [3.63, 3.8) is 0 Å². The number of methoxy groups -OCH3 is 1. The summed E-state index contributed by atoms with van der Waals surface area (Å²) < 4.78 is 23.7. The quantitative estimate of drug-likeness (QED) is 0.658. The largest absolute Gasteiger partial charge is 0.468 e. The number of esters is 1. The van der Waals surface area contributed by atoms with Crippen LogP contribution in [0.15, 0.2) is 24.3 Å². The number of rotatable bonds is 4. The minimum absolute atomic E-state index is 0.124. The van der Waals surface area contributed by atoms with Crippen LogP contribution in [0.2, 0.25) is 0 Å². The lowest BCUT2D eigenvalue weighted by Crippen LogP contribution is -2.41. The van der Waals surface area contributed by atoms with E-state index in [2.05, 4.69) is 22.7 Å². The molecule has 1 unspecified atom stereocenters. The van der Waals surface area contributed by atoms with Gasteiger partial charge in [0, 0.05) is 5.56 Å². The summed E-state index contributed by atoms with van der Waals surface area (Å²) in [5, 5.41) is 1.39. The second kappa shape index (κ2) is 7.49. The van der Waals surface area contributed by atoms with Crippen molar-refractivity contribution < 1.29 is 23.5 Å². The number of hydrogen-bond donors (Lipinski definition) is 2. The van der Waals surface area contributed by atoms with Crippen molar-refractivity contribution in [2.75, 3.05) is 7.11 Å². The van der Waals surface area contributed by atoms with E-state index in [0.717, 1.165) is 0 Å².